The number of methoxy groups -OCH3 is 1. The van der Waals surface area contributed by atoms with Crippen LogP contribution in [0.3, 0.4) is 0 Å². The van der Waals surface area contributed by atoms with Gasteiger partial charge in [0, 0.05) is 12.8 Å². The summed E-state index contributed by atoms with van der Waals surface area (Å²) in [4.78, 5) is 13.3. The quantitative estimate of drug-likeness (QED) is 0.467. The molecule has 1 aromatic rings. The summed E-state index contributed by atoms with van der Waals surface area (Å²) in [7, 11) is 1.67. The van der Waals surface area contributed by atoms with Gasteiger partial charge >= 0.3 is 12.3 Å². The zero-order chi connectivity index (χ0) is 19.0. The van der Waals surface area contributed by atoms with E-state index in [0.717, 1.165) is 38.0 Å². The van der Waals surface area contributed by atoms with Gasteiger partial charge in [0.25, 0.3) is 0 Å². The van der Waals surface area contributed by atoms with Gasteiger partial charge in [0.2, 0.25) is 0 Å². The molecule has 0 aromatic heterocycles. The van der Waals surface area contributed by atoms with Crippen molar-refractivity contribution in [1.82, 2.24) is 0 Å². The van der Waals surface area contributed by atoms with Crippen LogP contribution >= 0.6 is 0 Å². The lowest BCUT2D eigenvalue weighted by molar-refractivity contribution is -0.938. The van der Waals surface area contributed by atoms with Crippen LogP contribution in [0.25, 0.3) is 0 Å². The molecule has 0 bridgehead atoms. The van der Waals surface area contributed by atoms with Crippen LogP contribution in [0.5, 0.6) is 5.75 Å². The lowest BCUT2D eigenvalue weighted by atomic mass is 10.1. The maximum Gasteiger partial charge on any atom is 0.318 e. The second kappa shape index (κ2) is 10.0. The Labute approximate surface area is 157 Å². The minimum absolute atomic E-state index is 0.242. The van der Waals surface area contributed by atoms with Gasteiger partial charge in [-0.3, -0.25) is 0 Å². The Morgan fingerprint density at radius 3 is 2.35 bits per heavy atom. The Morgan fingerprint density at radius 2 is 1.85 bits per heavy atom. The summed E-state index contributed by atoms with van der Waals surface area (Å²) >= 11 is 0. The molecule has 1 amide bonds. The van der Waals surface area contributed by atoms with E-state index in [2.05, 4.69) is 19.1 Å². The van der Waals surface area contributed by atoms with Gasteiger partial charge in [0.05, 0.1) is 39.3 Å². The zero-order valence-electron chi connectivity index (χ0n) is 16.7. The van der Waals surface area contributed by atoms with E-state index in [-0.39, 0.29) is 11.9 Å². The van der Waals surface area contributed by atoms with Crippen molar-refractivity contribution in [3.63, 3.8) is 0 Å². The number of likely N-dealkylation sites (tertiary alicyclic amines) is 1. The summed E-state index contributed by atoms with van der Waals surface area (Å²) in [6, 6.07) is 8.30. The van der Waals surface area contributed by atoms with E-state index >= 15 is 0 Å². The first kappa shape index (κ1) is 20.9. The van der Waals surface area contributed by atoms with Gasteiger partial charge in [-0.05, 0) is 51.3 Å². The Hall–Kier alpha value is -1.43. The van der Waals surface area contributed by atoms with Gasteiger partial charge in [-0.2, -0.15) is 0 Å². The number of ether oxygens (including phenoxy) is 3. The molecule has 1 fully saturated rings. The van der Waals surface area contributed by atoms with E-state index in [4.69, 9.17) is 14.2 Å². The minimum atomic E-state index is -0.476. The first-order valence-corrected chi connectivity index (χ1v) is 9.85. The number of amides is 1. The molecule has 0 radical (unpaired) electrons. The smallest absolute Gasteiger partial charge is 0.318 e. The maximum absolute atomic E-state index is 13.3. The molecular formula is C21H34NO4+. The molecule has 1 unspecified atom stereocenters. The summed E-state index contributed by atoms with van der Waals surface area (Å²) in [5, 5.41) is 0. The number of quaternary nitrogens is 1. The molecule has 26 heavy (non-hydrogen) atoms. The van der Waals surface area contributed by atoms with Gasteiger partial charge < -0.3 is 14.2 Å². The molecule has 1 aliphatic heterocycles. The summed E-state index contributed by atoms with van der Waals surface area (Å²) < 4.78 is 17.2. The number of rotatable bonds is 10. The minimum Gasteiger partial charge on any atom is -0.497 e. The van der Waals surface area contributed by atoms with Crippen LogP contribution < -0.4 is 4.74 Å². The predicted molar refractivity (Wildman–Crippen MR) is 102 cm³/mol. The third kappa shape index (κ3) is 4.64. The van der Waals surface area contributed by atoms with Crippen LogP contribution in [-0.4, -0.2) is 49.7 Å². The number of carbonyl (C=O) groups excluding carboxylic acids is 1. The molecule has 0 saturated carbocycles. The highest BCUT2D eigenvalue weighted by Gasteiger charge is 2.52. The number of nitrogens with zero attached hydrogens (tertiary/aromatic N) is 1. The van der Waals surface area contributed by atoms with Crippen LogP contribution in [-0.2, 0) is 20.7 Å². The van der Waals surface area contributed by atoms with Gasteiger partial charge in [-0.1, -0.05) is 12.1 Å². The van der Waals surface area contributed by atoms with Crippen LogP contribution in [0.4, 0.5) is 0 Å². The van der Waals surface area contributed by atoms with E-state index in [9.17, 15) is 4.79 Å². The SMILES string of the molecule is CCOC(OCC)[N+]1(C(=O)CCCc2ccc(OC)cc2)CCC[C@H]1C. The Balaban J connectivity index is 2.02. The lowest BCUT2D eigenvalue weighted by Gasteiger charge is -2.40. The Bertz CT molecular complexity index is 554. The molecule has 0 aliphatic carbocycles. The fourth-order valence-corrected chi connectivity index (χ4v) is 3.94. The molecule has 1 aromatic carbocycles. The highest BCUT2D eigenvalue weighted by molar-refractivity contribution is 5.69. The third-order valence-electron chi connectivity index (χ3n) is 5.41. The monoisotopic (exact) mass is 364 g/mol. The highest BCUT2D eigenvalue weighted by Crippen LogP contribution is 2.33. The standard InChI is InChI=1S/C21H34NO4/c1-5-25-21(26-6-2)22(16-8-9-17(22)3)20(23)11-7-10-18-12-14-19(24-4)15-13-18/h12-15,17,21H,5-11,16H2,1-4H3/q+1/t17-,22?/m1/s1. The summed E-state index contributed by atoms with van der Waals surface area (Å²) in [5.74, 6) is 1.10. The van der Waals surface area contributed by atoms with Crippen LogP contribution in [0.1, 0.15) is 52.0 Å². The van der Waals surface area contributed by atoms with Crippen molar-refractivity contribution < 1.29 is 23.5 Å². The fraction of sp³-hybridized carbons (Fsp3) is 0.667. The fourth-order valence-electron chi connectivity index (χ4n) is 3.94. The number of hydrogen-bond donors (Lipinski definition) is 0. The molecule has 1 aliphatic rings. The Morgan fingerprint density at radius 1 is 1.19 bits per heavy atom. The lowest BCUT2D eigenvalue weighted by Crippen LogP contribution is -2.63. The average molecular weight is 365 g/mol. The molecule has 1 saturated heterocycles. The molecule has 0 spiro atoms. The molecule has 5 nitrogen and oxygen atoms in total. The molecule has 2 rings (SSSR count). The van der Waals surface area contributed by atoms with E-state index in [1.165, 1.54) is 5.56 Å². The summed E-state index contributed by atoms with van der Waals surface area (Å²) in [6.45, 7) is 7.98. The average Bonchev–Trinajstić information content (AvgIpc) is 3.04. The second-order valence-corrected chi connectivity index (χ2v) is 6.96. The van der Waals surface area contributed by atoms with Gasteiger partial charge in [0.15, 0.2) is 0 Å². The number of benzene rings is 1. The van der Waals surface area contributed by atoms with Crippen molar-refractivity contribution in [1.29, 1.82) is 0 Å². The first-order valence-electron chi connectivity index (χ1n) is 9.85. The van der Waals surface area contributed by atoms with Crippen molar-refractivity contribution in [2.45, 2.75) is 65.3 Å². The number of aryl methyl sites for hydroxylation is 1. The van der Waals surface area contributed by atoms with Crippen molar-refractivity contribution in [3.8, 4) is 5.75 Å². The second-order valence-electron chi connectivity index (χ2n) is 6.96. The van der Waals surface area contributed by atoms with Crippen molar-refractivity contribution >= 4 is 5.91 Å². The first-order chi connectivity index (χ1) is 12.6. The molecule has 0 N–H and O–H groups in total. The van der Waals surface area contributed by atoms with E-state index < -0.39 is 6.41 Å². The van der Waals surface area contributed by atoms with E-state index in [1.807, 2.05) is 26.0 Å². The van der Waals surface area contributed by atoms with Crippen LogP contribution in [0.2, 0.25) is 0 Å². The van der Waals surface area contributed by atoms with Crippen molar-refractivity contribution in [2.75, 3.05) is 26.9 Å². The maximum atomic E-state index is 13.3. The van der Waals surface area contributed by atoms with Crippen LogP contribution in [0.15, 0.2) is 24.3 Å². The zero-order valence-corrected chi connectivity index (χ0v) is 16.7. The van der Waals surface area contributed by atoms with Crippen molar-refractivity contribution in [2.24, 2.45) is 0 Å². The van der Waals surface area contributed by atoms with E-state index in [1.54, 1.807) is 7.11 Å². The van der Waals surface area contributed by atoms with Crippen LogP contribution in [0, 0.1) is 0 Å². The van der Waals surface area contributed by atoms with E-state index in [0.29, 0.717) is 24.1 Å². The Kier molecular flexibility index (Phi) is 8.07. The summed E-state index contributed by atoms with van der Waals surface area (Å²) in [5.41, 5.74) is 1.23. The molecule has 146 valence electrons. The number of carbonyl (C=O) groups is 1. The highest BCUT2D eigenvalue weighted by atomic mass is 16.7. The molecule has 5 heteroatoms. The van der Waals surface area contributed by atoms with Gasteiger partial charge in [-0.25, -0.2) is 9.28 Å². The van der Waals surface area contributed by atoms with Gasteiger partial charge in [0.1, 0.15) is 5.75 Å². The largest absolute Gasteiger partial charge is 0.497 e. The third-order valence-corrected chi connectivity index (χ3v) is 5.41. The predicted octanol–water partition coefficient (Wildman–Crippen LogP) is 3.90. The summed E-state index contributed by atoms with van der Waals surface area (Å²) in [6.07, 6.45) is 3.88. The van der Waals surface area contributed by atoms with Gasteiger partial charge in [-0.15, -0.1) is 0 Å². The van der Waals surface area contributed by atoms with Crippen molar-refractivity contribution in [3.05, 3.63) is 29.8 Å². The normalized spacial score (nSPS) is 22.7. The molecular weight excluding hydrogens is 330 g/mol. The number of hydrogen-bond acceptors (Lipinski definition) is 4. The topological polar surface area (TPSA) is 44.8 Å². The molecule has 1 heterocycles. The molecule has 2 atom stereocenters.